The summed E-state index contributed by atoms with van der Waals surface area (Å²) in [5.41, 5.74) is 0. The van der Waals surface area contributed by atoms with Gasteiger partial charge in [0.2, 0.25) is 5.91 Å². The molecule has 0 aliphatic rings. The van der Waals surface area contributed by atoms with Crippen molar-refractivity contribution in [3.8, 4) is 0 Å². The second-order valence-electron chi connectivity index (χ2n) is 3.55. The minimum absolute atomic E-state index is 0.0178. The molecular formula is C11H16ClN3O. The Kier molecular flexibility index (Phi) is 4.55. The van der Waals surface area contributed by atoms with Crippen LogP contribution in [0.1, 0.15) is 13.8 Å². The van der Waals surface area contributed by atoms with Crippen LogP contribution in [0.3, 0.4) is 0 Å². The molecule has 1 atom stereocenters. The molecule has 5 heteroatoms. The number of likely N-dealkylation sites (N-methyl/N-ethyl adjacent to an activating group) is 1. The Morgan fingerprint density at radius 1 is 1.69 bits per heavy atom. The van der Waals surface area contributed by atoms with Crippen molar-refractivity contribution in [2.45, 2.75) is 19.9 Å². The van der Waals surface area contributed by atoms with Gasteiger partial charge >= 0.3 is 0 Å². The monoisotopic (exact) mass is 241 g/mol. The van der Waals surface area contributed by atoms with Crippen LogP contribution in [-0.2, 0) is 4.79 Å². The van der Waals surface area contributed by atoms with Gasteiger partial charge in [0.1, 0.15) is 11.9 Å². The summed E-state index contributed by atoms with van der Waals surface area (Å²) in [6, 6.07) is 3.15. The molecule has 1 heterocycles. The van der Waals surface area contributed by atoms with Gasteiger partial charge in [-0.1, -0.05) is 11.6 Å². The zero-order valence-corrected chi connectivity index (χ0v) is 10.5. The molecule has 0 bridgehead atoms. The van der Waals surface area contributed by atoms with Crippen LogP contribution in [0.25, 0.3) is 0 Å². The lowest BCUT2D eigenvalue weighted by molar-refractivity contribution is -0.130. The number of anilines is 1. The number of carbonyl (C=O) groups excluding carboxylic acids is 1. The molecule has 0 aliphatic carbocycles. The Morgan fingerprint density at radius 3 is 2.94 bits per heavy atom. The van der Waals surface area contributed by atoms with Gasteiger partial charge in [0.05, 0.1) is 5.02 Å². The number of pyridine rings is 1. The maximum Gasteiger partial charge on any atom is 0.244 e. The molecule has 4 nitrogen and oxygen atoms in total. The molecule has 1 amide bonds. The SMILES string of the molecule is CCN(C)C(=O)C(C)Nc1ncccc1Cl. The van der Waals surface area contributed by atoms with Gasteiger partial charge < -0.3 is 10.2 Å². The molecule has 0 saturated heterocycles. The van der Waals surface area contributed by atoms with E-state index >= 15 is 0 Å². The Bertz CT molecular complexity index is 370. The van der Waals surface area contributed by atoms with Gasteiger partial charge in [-0.25, -0.2) is 4.98 Å². The van der Waals surface area contributed by atoms with E-state index in [0.717, 1.165) is 0 Å². The predicted molar refractivity (Wildman–Crippen MR) is 65.6 cm³/mol. The van der Waals surface area contributed by atoms with Crippen molar-refractivity contribution < 1.29 is 4.79 Å². The molecule has 0 fully saturated rings. The summed E-state index contributed by atoms with van der Waals surface area (Å²) in [5, 5.41) is 3.51. The number of nitrogens with zero attached hydrogens (tertiary/aromatic N) is 2. The Morgan fingerprint density at radius 2 is 2.38 bits per heavy atom. The topological polar surface area (TPSA) is 45.2 Å². The third-order valence-electron chi connectivity index (χ3n) is 2.33. The highest BCUT2D eigenvalue weighted by atomic mass is 35.5. The largest absolute Gasteiger partial charge is 0.357 e. The van der Waals surface area contributed by atoms with Gasteiger partial charge in [0.25, 0.3) is 0 Å². The maximum absolute atomic E-state index is 11.8. The summed E-state index contributed by atoms with van der Waals surface area (Å²) >= 11 is 5.94. The predicted octanol–water partition coefficient (Wildman–Crippen LogP) is 2.01. The minimum atomic E-state index is -0.336. The van der Waals surface area contributed by atoms with Gasteiger partial charge in [0.15, 0.2) is 0 Å². The number of nitrogens with one attached hydrogen (secondary N) is 1. The fourth-order valence-electron chi connectivity index (χ4n) is 1.25. The van der Waals surface area contributed by atoms with E-state index in [1.807, 2.05) is 6.92 Å². The molecule has 0 spiro atoms. The number of hydrogen-bond donors (Lipinski definition) is 1. The van der Waals surface area contributed by atoms with E-state index < -0.39 is 0 Å². The number of rotatable bonds is 4. The third-order valence-corrected chi connectivity index (χ3v) is 2.64. The second kappa shape index (κ2) is 5.70. The molecule has 1 aromatic heterocycles. The minimum Gasteiger partial charge on any atom is -0.357 e. The highest BCUT2D eigenvalue weighted by Gasteiger charge is 2.17. The smallest absolute Gasteiger partial charge is 0.244 e. The standard InChI is InChI=1S/C11H16ClN3O/c1-4-15(3)11(16)8(2)14-10-9(12)6-5-7-13-10/h5-8H,4H2,1-3H3,(H,13,14). The van der Waals surface area contributed by atoms with Crippen molar-refractivity contribution >= 4 is 23.3 Å². The summed E-state index contributed by atoms with van der Waals surface area (Å²) in [4.78, 5) is 17.5. The quantitative estimate of drug-likeness (QED) is 0.877. The first kappa shape index (κ1) is 12.8. The van der Waals surface area contributed by atoms with E-state index in [1.54, 1.807) is 37.2 Å². The first-order chi connectivity index (χ1) is 7.56. The molecule has 1 N–H and O–H groups in total. The fourth-order valence-corrected chi connectivity index (χ4v) is 1.42. The van der Waals surface area contributed by atoms with E-state index in [9.17, 15) is 4.79 Å². The number of hydrogen-bond acceptors (Lipinski definition) is 3. The van der Waals surface area contributed by atoms with Crippen LogP contribution in [0.15, 0.2) is 18.3 Å². The van der Waals surface area contributed by atoms with Crippen LogP contribution in [0, 0.1) is 0 Å². The molecule has 0 saturated carbocycles. The van der Waals surface area contributed by atoms with Crippen molar-refractivity contribution in [3.05, 3.63) is 23.4 Å². The lowest BCUT2D eigenvalue weighted by atomic mass is 10.3. The van der Waals surface area contributed by atoms with Crippen LogP contribution < -0.4 is 5.32 Å². The maximum atomic E-state index is 11.8. The summed E-state index contributed by atoms with van der Waals surface area (Å²) < 4.78 is 0. The fraction of sp³-hybridized carbons (Fsp3) is 0.455. The van der Waals surface area contributed by atoms with Crippen LogP contribution in [-0.4, -0.2) is 35.4 Å². The van der Waals surface area contributed by atoms with Crippen LogP contribution in [0.4, 0.5) is 5.82 Å². The lowest BCUT2D eigenvalue weighted by Crippen LogP contribution is -2.39. The van der Waals surface area contributed by atoms with Crippen molar-refractivity contribution in [1.29, 1.82) is 0 Å². The first-order valence-corrected chi connectivity index (χ1v) is 5.56. The van der Waals surface area contributed by atoms with E-state index in [4.69, 9.17) is 11.6 Å². The average molecular weight is 242 g/mol. The molecule has 0 radical (unpaired) electrons. The van der Waals surface area contributed by atoms with Crippen molar-refractivity contribution in [2.75, 3.05) is 18.9 Å². The number of carbonyl (C=O) groups is 1. The van der Waals surface area contributed by atoms with Gasteiger partial charge in [0, 0.05) is 19.8 Å². The summed E-state index contributed by atoms with van der Waals surface area (Å²) in [6.45, 7) is 4.40. The molecule has 88 valence electrons. The molecule has 1 rings (SSSR count). The van der Waals surface area contributed by atoms with Crippen LogP contribution in [0.2, 0.25) is 5.02 Å². The molecular weight excluding hydrogens is 226 g/mol. The number of aromatic nitrogens is 1. The van der Waals surface area contributed by atoms with E-state index in [0.29, 0.717) is 17.4 Å². The van der Waals surface area contributed by atoms with Crippen LogP contribution >= 0.6 is 11.6 Å². The normalized spacial score (nSPS) is 12.0. The second-order valence-corrected chi connectivity index (χ2v) is 3.96. The van der Waals surface area contributed by atoms with E-state index in [1.165, 1.54) is 0 Å². The van der Waals surface area contributed by atoms with Gasteiger partial charge in [-0.15, -0.1) is 0 Å². The first-order valence-electron chi connectivity index (χ1n) is 5.18. The number of amides is 1. The molecule has 0 aromatic carbocycles. The van der Waals surface area contributed by atoms with Crippen LogP contribution in [0.5, 0.6) is 0 Å². The highest BCUT2D eigenvalue weighted by Crippen LogP contribution is 2.18. The van der Waals surface area contributed by atoms with E-state index in [2.05, 4.69) is 10.3 Å². The van der Waals surface area contributed by atoms with Crippen molar-refractivity contribution in [3.63, 3.8) is 0 Å². The molecule has 1 aromatic rings. The zero-order valence-electron chi connectivity index (χ0n) is 9.70. The molecule has 0 aliphatic heterocycles. The lowest BCUT2D eigenvalue weighted by Gasteiger charge is -2.21. The Labute approximate surface area is 101 Å². The van der Waals surface area contributed by atoms with Crippen molar-refractivity contribution in [1.82, 2.24) is 9.88 Å². The van der Waals surface area contributed by atoms with Gasteiger partial charge in [-0.05, 0) is 26.0 Å². The van der Waals surface area contributed by atoms with Gasteiger partial charge in [-0.2, -0.15) is 0 Å². The Hall–Kier alpha value is -1.29. The molecule has 1 unspecified atom stereocenters. The van der Waals surface area contributed by atoms with Crippen molar-refractivity contribution in [2.24, 2.45) is 0 Å². The highest BCUT2D eigenvalue weighted by molar-refractivity contribution is 6.32. The average Bonchev–Trinajstić information content (AvgIpc) is 2.30. The van der Waals surface area contributed by atoms with E-state index in [-0.39, 0.29) is 11.9 Å². The zero-order chi connectivity index (χ0) is 12.1. The van der Waals surface area contributed by atoms with Gasteiger partial charge in [-0.3, -0.25) is 4.79 Å². The number of halogens is 1. The summed E-state index contributed by atoms with van der Waals surface area (Å²) in [5.74, 6) is 0.554. The molecule has 16 heavy (non-hydrogen) atoms. The summed E-state index contributed by atoms with van der Waals surface area (Å²) in [7, 11) is 1.76. The Balaban J connectivity index is 2.68. The summed E-state index contributed by atoms with van der Waals surface area (Å²) in [6.07, 6.45) is 1.63. The third kappa shape index (κ3) is 3.10.